The van der Waals surface area contributed by atoms with E-state index in [1.54, 1.807) is 0 Å². The molecule has 2 heterocycles. The van der Waals surface area contributed by atoms with Gasteiger partial charge in [-0.2, -0.15) is 0 Å². The SMILES string of the molecule is CC(C)c1nnc(CN(C)Cc2nc3ccc(Cl)cc3[nH]2)o1. The standard InChI is InChI=1S/C15H18ClN5O/c1-9(2)15-20-19-14(22-15)8-21(3)7-13-17-11-5-4-10(16)6-12(11)18-13/h4-6,9H,7-8H2,1-3H3,(H,17,18). The van der Waals surface area contributed by atoms with Crippen molar-refractivity contribution in [3.63, 3.8) is 0 Å². The lowest BCUT2D eigenvalue weighted by atomic mass is 10.2. The van der Waals surface area contributed by atoms with E-state index in [2.05, 4.69) is 25.1 Å². The van der Waals surface area contributed by atoms with Gasteiger partial charge < -0.3 is 9.40 Å². The number of halogens is 1. The van der Waals surface area contributed by atoms with Gasteiger partial charge >= 0.3 is 0 Å². The second-order valence-corrected chi connectivity index (χ2v) is 6.14. The van der Waals surface area contributed by atoms with Crippen LogP contribution in [-0.2, 0) is 13.1 Å². The number of aromatic nitrogens is 4. The lowest BCUT2D eigenvalue weighted by molar-refractivity contribution is 0.271. The third kappa shape index (κ3) is 3.28. The summed E-state index contributed by atoms with van der Waals surface area (Å²) in [6, 6.07) is 5.62. The van der Waals surface area contributed by atoms with Gasteiger partial charge in [-0.3, -0.25) is 4.90 Å². The van der Waals surface area contributed by atoms with Crippen LogP contribution >= 0.6 is 11.6 Å². The number of H-pyrrole nitrogens is 1. The number of hydrogen-bond donors (Lipinski definition) is 1. The highest BCUT2D eigenvalue weighted by molar-refractivity contribution is 6.31. The quantitative estimate of drug-likeness (QED) is 0.780. The fraction of sp³-hybridized carbons (Fsp3) is 0.400. The molecule has 0 unspecified atom stereocenters. The van der Waals surface area contributed by atoms with Crippen LogP contribution in [0.15, 0.2) is 22.6 Å². The van der Waals surface area contributed by atoms with Gasteiger partial charge in [-0.1, -0.05) is 25.4 Å². The Labute approximate surface area is 133 Å². The zero-order chi connectivity index (χ0) is 15.7. The van der Waals surface area contributed by atoms with Gasteiger partial charge in [-0.05, 0) is 25.2 Å². The minimum Gasteiger partial charge on any atom is -0.424 e. The van der Waals surface area contributed by atoms with Crippen molar-refractivity contribution >= 4 is 22.6 Å². The molecule has 0 aliphatic carbocycles. The molecule has 0 saturated carbocycles. The summed E-state index contributed by atoms with van der Waals surface area (Å²) >= 11 is 5.98. The lowest BCUT2D eigenvalue weighted by Gasteiger charge is -2.11. The van der Waals surface area contributed by atoms with Gasteiger partial charge in [0.25, 0.3) is 0 Å². The van der Waals surface area contributed by atoms with Crippen LogP contribution < -0.4 is 0 Å². The predicted octanol–water partition coefficient (Wildman–Crippen LogP) is 3.35. The molecule has 1 N–H and O–H groups in total. The third-order valence-electron chi connectivity index (χ3n) is 3.29. The topological polar surface area (TPSA) is 70.8 Å². The van der Waals surface area contributed by atoms with Crippen LogP contribution in [0.25, 0.3) is 11.0 Å². The largest absolute Gasteiger partial charge is 0.424 e. The average Bonchev–Trinajstić information content (AvgIpc) is 3.04. The maximum absolute atomic E-state index is 5.98. The molecule has 7 heteroatoms. The number of benzene rings is 1. The molecule has 6 nitrogen and oxygen atoms in total. The molecule has 0 saturated heterocycles. The van der Waals surface area contributed by atoms with Gasteiger partial charge in [0.2, 0.25) is 11.8 Å². The van der Waals surface area contributed by atoms with Crippen molar-refractivity contribution in [1.82, 2.24) is 25.1 Å². The fourth-order valence-corrected chi connectivity index (χ4v) is 2.39. The summed E-state index contributed by atoms with van der Waals surface area (Å²) in [4.78, 5) is 9.89. The summed E-state index contributed by atoms with van der Waals surface area (Å²) in [5, 5.41) is 8.80. The zero-order valence-corrected chi connectivity index (χ0v) is 13.6. The Morgan fingerprint density at radius 1 is 1.27 bits per heavy atom. The molecule has 0 radical (unpaired) electrons. The molecular weight excluding hydrogens is 302 g/mol. The summed E-state index contributed by atoms with van der Waals surface area (Å²) in [5.41, 5.74) is 1.85. The predicted molar refractivity (Wildman–Crippen MR) is 84.7 cm³/mol. The number of aromatic amines is 1. The first kappa shape index (κ1) is 15.0. The Morgan fingerprint density at radius 2 is 2.09 bits per heavy atom. The van der Waals surface area contributed by atoms with Gasteiger partial charge in [0.05, 0.1) is 24.1 Å². The Hall–Kier alpha value is -1.92. The average molecular weight is 320 g/mol. The number of hydrogen-bond acceptors (Lipinski definition) is 5. The molecule has 0 bridgehead atoms. The van der Waals surface area contributed by atoms with Crippen LogP contribution in [0.3, 0.4) is 0 Å². The van der Waals surface area contributed by atoms with Crippen LogP contribution in [0.4, 0.5) is 0 Å². The van der Waals surface area contributed by atoms with Crippen LogP contribution in [-0.4, -0.2) is 32.1 Å². The van der Waals surface area contributed by atoms with Crippen molar-refractivity contribution in [3.8, 4) is 0 Å². The minimum absolute atomic E-state index is 0.242. The van der Waals surface area contributed by atoms with Crippen molar-refractivity contribution in [2.24, 2.45) is 0 Å². The van der Waals surface area contributed by atoms with E-state index in [1.807, 2.05) is 39.1 Å². The molecule has 1 aromatic carbocycles. The Kier molecular flexibility index (Phi) is 4.13. The number of fused-ring (bicyclic) bond motifs is 1. The number of nitrogens with zero attached hydrogens (tertiary/aromatic N) is 4. The molecule has 0 atom stereocenters. The summed E-state index contributed by atoms with van der Waals surface area (Å²) in [6.07, 6.45) is 0. The first-order valence-corrected chi connectivity index (χ1v) is 7.54. The second kappa shape index (κ2) is 6.06. The molecule has 3 aromatic rings. The molecule has 116 valence electrons. The Morgan fingerprint density at radius 3 is 2.82 bits per heavy atom. The first-order chi connectivity index (χ1) is 10.5. The molecule has 2 aromatic heterocycles. The fourth-order valence-electron chi connectivity index (χ4n) is 2.22. The molecule has 0 aliphatic rings. The van der Waals surface area contributed by atoms with Gasteiger partial charge in [0.1, 0.15) is 5.82 Å². The number of rotatable bonds is 5. The highest BCUT2D eigenvalue weighted by Crippen LogP contribution is 2.18. The zero-order valence-electron chi connectivity index (χ0n) is 12.8. The molecule has 0 fully saturated rings. The van der Waals surface area contributed by atoms with Crippen molar-refractivity contribution in [2.45, 2.75) is 32.9 Å². The van der Waals surface area contributed by atoms with Gasteiger partial charge in [-0.25, -0.2) is 4.98 Å². The van der Waals surface area contributed by atoms with Gasteiger partial charge in [0.15, 0.2) is 0 Å². The van der Waals surface area contributed by atoms with E-state index in [0.717, 1.165) is 16.9 Å². The Balaban J connectivity index is 1.68. The monoisotopic (exact) mass is 319 g/mol. The van der Waals surface area contributed by atoms with E-state index in [1.165, 1.54) is 0 Å². The molecule has 0 spiro atoms. The molecule has 22 heavy (non-hydrogen) atoms. The first-order valence-electron chi connectivity index (χ1n) is 7.16. The highest BCUT2D eigenvalue weighted by atomic mass is 35.5. The van der Waals surface area contributed by atoms with Crippen molar-refractivity contribution in [2.75, 3.05) is 7.05 Å². The van der Waals surface area contributed by atoms with E-state index in [9.17, 15) is 0 Å². The molecular formula is C15H18ClN5O. The summed E-state index contributed by atoms with van der Waals surface area (Å²) < 4.78 is 5.62. The normalized spacial score (nSPS) is 11.9. The van der Waals surface area contributed by atoms with E-state index in [4.69, 9.17) is 16.0 Å². The van der Waals surface area contributed by atoms with Crippen molar-refractivity contribution in [1.29, 1.82) is 0 Å². The lowest BCUT2D eigenvalue weighted by Crippen LogP contribution is -2.18. The van der Waals surface area contributed by atoms with Crippen LogP contribution in [0, 0.1) is 0 Å². The minimum atomic E-state index is 0.242. The third-order valence-corrected chi connectivity index (χ3v) is 3.53. The molecule has 0 amide bonds. The number of nitrogens with one attached hydrogen (secondary N) is 1. The van der Waals surface area contributed by atoms with Gasteiger partial charge in [0, 0.05) is 10.9 Å². The maximum atomic E-state index is 5.98. The summed E-state index contributed by atoms with van der Waals surface area (Å²) in [6.45, 7) is 5.30. The highest BCUT2D eigenvalue weighted by Gasteiger charge is 2.13. The van der Waals surface area contributed by atoms with Gasteiger partial charge in [-0.15, -0.1) is 10.2 Å². The second-order valence-electron chi connectivity index (χ2n) is 5.71. The van der Waals surface area contributed by atoms with E-state index < -0.39 is 0 Å². The summed E-state index contributed by atoms with van der Waals surface area (Å²) in [5.74, 6) is 2.40. The maximum Gasteiger partial charge on any atom is 0.230 e. The smallest absolute Gasteiger partial charge is 0.230 e. The van der Waals surface area contributed by atoms with E-state index in [0.29, 0.717) is 29.9 Å². The van der Waals surface area contributed by atoms with Crippen molar-refractivity contribution < 1.29 is 4.42 Å². The van der Waals surface area contributed by atoms with Crippen LogP contribution in [0.2, 0.25) is 5.02 Å². The van der Waals surface area contributed by atoms with Crippen molar-refractivity contribution in [3.05, 3.63) is 40.8 Å². The van der Waals surface area contributed by atoms with Crippen LogP contribution in [0.5, 0.6) is 0 Å². The molecule has 3 rings (SSSR count). The summed E-state index contributed by atoms with van der Waals surface area (Å²) in [7, 11) is 1.99. The van der Waals surface area contributed by atoms with E-state index in [-0.39, 0.29) is 5.92 Å². The number of imidazole rings is 1. The van der Waals surface area contributed by atoms with Crippen LogP contribution in [0.1, 0.15) is 37.4 Å². The Bertz CT molecular complexity index is 779. The van der Waals surface area contributed by atoms with E-state index >= 15 is 0 Å². The molecule has 0 aliphatic heterocycles.